The van der Waals surface area contributed by atoms with Crippen LogP contribution in [-0.2, 0) is 9.59 Å². The Labute approximate surface area is 249 Å². The molecule has 10 nitrogen and oxygen atoms in total. The molecule has 0 aliphatic carbocycles. The van der Waals surface area contributed by atoms with Gasteiger partial charge in [-0.3, -0.25) is 9.59 Å². The number of hydrogen-bond donors (Lipinski definition) is 2. The molecule has 2 amide bonds. The van der Waals surface area contributed by atoms with Crippen molar-refractivity contribution >= 4 is 58.9 Å². The number of nitrogens with one attached hydrogen (secondary N) is 2. The first kappa shape index (κ1) is 29.8. The van der Waals surface area contributed by atoms with E-state index in [1.165, 1.54) is 61.7 Å². The normalized spacial score (nSPS) is 10.5. The smallest absolute Gasteiger partial charge is 0.343 e. The largest absolute Gasteiger partial charge is 0.497 e. The van der Waals surface area contributed by atoms with E-state index < -0.39 is 23.8 Å². The lowest BCUT2D eigenvalue weighted by molar-refractivity contribution is -0.136. The number of esters is 2. The van der Waals surface area contributed by atoms with Crippen molar-refractivity contribution in [3.05, 3.63) is 118 Å². The average Bonchev–Trinajstić information content (AvgIpc) is 2.99. The minimum atomic E-state index is -1.05. The lowest BCUT2D eigenvalue weighted by atomic mass is 10.2. The van der Waals surface area contributed by atoms with Crippen LogP contribution in [0.5, 0.6) is 17.2 Å². The molecule has 2 N–H and O–H groups in total. The molecule has 42 heavy (non-hydrogen) atoms. The Hall–Kier alpha value is -5.19. The third-order valence-electron chi connectivity index (χ3n) is 5.48. The van der Waals surface area contributed by atoms with E-state index >= 15 is 0 Å². The molecular weight excluding hydrogens is 585 g/mol. The lowest BCUT2D eigenvalue weighted by Gasteiger charge is -2.11. The third-order valence-corrected chi connectivity index (χ3v) is 5.99. The molecule has 0 unspecified atom stereocenters. The van der Waals surface area contributed by atoms with Gasteiger partial charge in [-0.05, 0) is 84.9 Å². The molecule has 0 bridgehead atoms. The molecule has 0 spiro atoms. The fraction of sp³-hybridized carbons (Fsp3) is 0.0333. The second-order valence-corrected chi connectivity index (χ2v) is 9.25. The number of carbonyl (C=O) groups excluding carboxylic acids is 4. The summed E-state index contributed by atoms with van der Waals surface area (Å²) >= 11 is 11.8. The predicted molar refractivity (Wildman–Crippen MR) is 157 cm³/mol. The number of ether oxygens (including phenoxy) is 3. The summed E-state index contributed by atoms with van der Waals surface area (Å²) in [6.07, 6.45) is 1.16. The summed E-state index contributed by atoms with van der Waals surface area (Å²) in [6.45, 7) is 0. The first-order valence-electron chi connectivity index (χ1n) is 12.1. The van der Waals surface area contributed by atoms with Crippen molar-refractivity contribution in [2.24, 2.45) is 5.10 Å². The third kappa shape index (κ3) is 8.17. The minimum absolute atomic E-state index is 0.0444. The molecule has 0 aliphatic rings. The first-order chi connectivity index (χ1) is 20.2. The van der Waals surface area contributed by atoms with Crippen molar-refractivity contribution in [2.75, 3.05) is 12.4 Å². The minimum Gasteiger partial charge on any atom is -0.497 e. The number of nitrogens with zero attached hydrogens (tertiary/aromatic N) is 1. The zero-order valence-corrected chi connectivity index (χ0v) is 23.3. The van der Waals surface area contributed by atoms with Crippen LogP contribution >= 0.6 is 23.2 Å². The quantitative estimate of drug-likeness (QED) is 0.0887. The van der Waals surface area contributed by atoms with E-state index in [1.54, 1.807) is 36.4 Å². The highest BCUT2D eigenvalue weighted by atomic mass is 35.5. The van der Waals surface area contributed by atoms with Crippen molar-refractivity contribution in [1.29, 1.82) is 0 Å². The van der Waals surface area contributed by atoms with Gasteiger partial charge in [0.2, 0.25) is 0 Å². The van der Waals surface area contributed by atoms with E-state index in [2.05, 4.69) is 15.8 Å². The van der Waals surface area contributed by atoms with E-state index in [4.69, 9.17) is 37.4 Å². The van der Waals surface area contributed by atoms with Gasteiger partial charge in [0.25, 0.3) is 0 Å². The number of benzene rings is 4. The summed E-state index contributed by atoms with van der Waals surface area (Å²) in [6, 6.07) is 22.7. The number of hydrazone groups is 1. The molecule has 0 heterocycles. The van der Waals surface area contributed by atoms with Gasteiger partial charge in [0.05, 0.1) is 24.5 Å². The van der Waals surface area contributed by atoms with Crippen molar-refractivity contribution in [1.82, 2.24) is 5.43 Å². The van der Waals surface area contributed by atoms with E-state index in [1.807, 2.05) is 0 Å². The number of anilines is 1. The second kappa shape index (κ2) is 13.9. The first-order valence-corrected chi connectivity index (χ1v) is 12.9. The van der Waals surface area contributed by atoms with Crippen molar-refractivity contribution in [3.8, 4) is 17.2 Å². The Bertz CT molecular complexity index is 1640. The maximum absolute atomic E-state index is 12.8. The van der Waals surface area contributed by atoms with Gasteiger partial charge in [-0.1, -0.05) is 23.2 Å². The van der Waals surface area contributed by atoms with Crippen LogP contribution < -0.4 is 25.0 Å². The molecule has 4 aromatic carbocycles. The number of rotatable bonds is 8. The molecule has 0 aromatic heterocycles. The highest BCUT2D eigenvalue weighted by Crippen LogP contribution is 2.26. The van der Waals surface area contributed by atoms with E-state index in [-0.39, 0.29) is 28.2 Å². The van der Waals surface area contributed by atoms with Crippen molar-refractivity contribution in [3.63, 3.8) is 0 Å². The van der Waals surface area contributed by atoms with Crippen LogP contribution in [0.25, 0.3) is 0 Å². The van der Waals surface area contributed by atoms with Gasteiger partial charge in [-0.15, -0.1) is 0 Å². The Morgan fingerprint density at radius 2 is 1.24 bits per heavy atom. The molecule has 212 valence electrons. The zero-order chi connectivity index (χ0) is 30.1. The van der Waals surface area contributed by atoms with Gasteiger partial charge in [0, 0.05) is 27.4 Å². The molecule has 0 fully saturated rings. The molecule has 4 aromatic rings. The van der Waals surface area contributed by atoms with E-state index in [9.17, 15) is 19.2 Å². The Balaban J connectivity index is 1.49. The van der Waals surface area contributed by atoms with Gasteiger partial charge < -0.3 is 19.5 Å². The summed E-state index contributed by atoms with van der Waals surface area (Å²) < 4.78 is 16.0. The van der Waals surface area contributed by atoms with Gasteiger partial charge in [-0.2, -0.15) is 5.10 Å². The summed E-state index contributed by atoms with van der Waals surface area (Å²) in [5.74, 6) is -2.80. The predicted octanol–water partition coefficient (Wildman–Crippen LogP) is 5.53. The maximum atomic E-state index is 12.8. The topological polar surface area (TPSA) is 132 Å². The highest BCUT2D eigenvalue weighted by Gasteiger charge is 2.16. The summed E-state index contributed by atoms with van der Waals surface area (Å²) in [7, 11) is 1.50. The fourth-order valence-corrected chi connectivity index (χ4v) is 3.60. The molecule has 0 aliphatic heterocycles. The molecular formula is C30H21Cl2N3O7. The zero-order valence-electron chi connectivity index (χ0n) is 21.8. The van der Waals surface area contributed by atoms with Crippen LogP contribution in [0.3, 0.4) is 0 Å². The van der Waals surface area contributed by atoms with Crippen LogP contribution in [-0.4, -0.2) is 37.1 Å². The van der Waals surface area contributed by atoms with E-state index in [0.717, 1.165) is 6.21 Å². The number of methoxy groups -OCH3 is 1. The van der Waals surface area contributed by atoms with Crippen LogP contribution in [0.15, 0.2) is 96.1 Å². The Kier molecular flexibility index (Phi) is 9.88. The standard InChI is InChI=1S/C30H21Cl2N3O7/c1-40-24-14-11-23(12-15-24)34-27(36)28(37)35-33-17-20-6-13-25(41-29(38)18-2-7-21(31)8-3-18)16-26(20)42-30(39)19-4-9-22(32)10-5-19/h2-17H,1H3,(H,34,36)(H,35,37). The average molecular weight is 606 g/mol. The van der Waals surface area contributed by atoms with Crippen LogP contribution in [0.4, 0.5) is 5.69 Å². The molecule has 0 saturated carbocycles. The molecule has 0 atom stereocenters. The number of halogens is 2. The molecule has 12 heteroatoms. The number of hydrogen-bond acceptors (Lipinski definition) is 8. The van der Waals surface area contributed by atoms with Gasteiger partial charge in [0.15, 0.2) is 0 Å². The SMILES string of the molecule is COc1ccc(NC(=O)C(=O)NN=Cc2ccc(OC(=O)c3ccc(Cl)cc3)cc2OC(=O)c2ccc(Cl)cc2)cc1. The summed E-state index contributed by atoms with van der Waals surface area (Å²) in [4.78, 5) is 49.8. The monoisotopic (exact) mass is 605 g/mol. The highest BCUT2D eigenvalue weighted by molar-refractivity contribution is 6.39. The summed E-state index contributed by atoms with van der Waals surface area (Å²) in [5.41, 5.74) is 3.16. The van der Waals surface area contributed by atoms with Gasteiger partial charge in [-0.25, -0.2) is 15.0 Å². The Morgan fingerprint density at radius 1 is 0.690 bits per heavy atom. The molecule has 0 saturated heterocycles. The van der Waals surface area contributed by atoms with Crippen LogP contribution in [0, 0.1) is 0 Å². The number of amides is 2. The van der Waals surface area contributed by atoms with Gasteiger partial charge in [0.1, 0.15) is 17.2 Å². The maximum Gasteiger partial charge on any atom is 0.343 e. The lowest BCUT2D eigenvalue weighted by Crippen LogP contribution is -2.32. The van der Waals surface area contributed by atoms with Crippen LogP contribution in [0.1, 0.15) is 26.3 Å². The van der Waals surface area contributed by atoms with Crippen molar-refractivity contribution in [2.45, 2.75) is 0 Å². The van der Waals surface area contributed by atoms with E-state index in [0.29, 0.717) is 21.5 Å². The number of carbonyl (C=O) groups is 4. The molecule has 4 rings (SSSR count). The Morgan fingerprint density at radius 3 is 1.81 bits per heavy atom. The van der Waals surface area contributed by atoms with Crippen LogP contribution in [0.2, 0.25) is 10.0 Å². The summed E-state index contributed by atoms with van der Waals surface area (Å²) in [5, 5.41) is 7.11. The second-order valence-electron chi connectivity index (χ2n) is 8.37. The fourth-order valence-electron chi connectivity index (χ4n) is 3.34. The molecule has 0 radical (unpaired) electrons. The van der Waals surface area contributed by atoms with Gasteiger partial charge >= 0.3 is 23.8 Å². The van der Waals surface area contributed by atoms with Crippen molar-refractivity contribution < 1.29 is 33.4 Å².